The van der Waals surface area contributed by atoms with E-state index >= 15 is 0 Å². The lowest BCUT2D eigenvalue weighted by atomic mass is 10.1. The first-order valence-corrected chi connectivity index (χ1v) is 8.36. The van der Waals surface area contributed by atoms with Crippen LogP contribution in [-0.4, -0.2) is 38.1 Å². The summed E-state index contributed by atoms with van der Waals surface area (Å²) in [6.45, 7) is 0. The summed E-state index contributed by atoms with van der Waals surface area (Å²) in [5.74, 6) is 0.352. The molecule has 0 bridgehead atoms. The zero-order chi connectivity index (χ0) is 19.5. The summed E-state index contributed by atoms with van der Waals surface area (Å²) in [7, 11) is 1.48. The van der Waals surface area contributed by atoms with Gasteiger partial charge in [-0.1, -0.05) is 0 Å². The Labute approximate surface area is 159 Å². The number of hydrogen-bond donors (Lipinski definition) is 2. The summed E-state index contributed by atoms with van der Waals surface area (Å²) >= 11 is 0. The highest BCUT2D eigenvalue weighted by atomic mass is 16.5. The van der Waals surface area contributed by atoms with Crippen LogP contribution in [0.4, 0.5) is 5.82 Å². The van der Waals surface area contributed by atoms with Crippen LogP contribution >= 0.6 is 0 Å². The minimum Gasteiger partial charge on any atom is -0.504 e. The van der Waals surface area contributed by atoms with E-state index in [2.05, 4.69) is 25.3 Å². The Kier molecular flexibility index (Phi) is 4.51. The second-order valence-electron chi connectivity index (χ2n) is 5.88. The van der Waals surface area contributed by atoms with Gasteiger partial charge in [-0.05, 0) is 42.5 Å². The van der Waals surface area contributed by atoms with Gasteiger partial charge in [0.15, 0.2) is 23.0 Å². The van der Waals surface area contributed by atoms with Crippen LogP contribution in [-0.2, 0) is 0 Å². The van der Waals surface area contributed by atoms with E-state index in [0.29, 0.717) is 28.2 Å². The maximum atomic E-state index is 12.3. The van der Waals surface area contributed by atoms with Gasteiger partial charge in [-0.25, -0.2) is 15.0 Å². The van der Waals surface area contributed by atoms with Crippen molar-refractivity contribution < 1.29 is 14.6 Å². The highest BCUT2D eigenvalue weighted by Gasteiger charge is 2.10. The molecule has 2 N–H and O–H groups in total. The fourth-order valence-corrected chi connectivity index (χ4v) is 2.64. The SMILES string of the molecule is COc1cc(-c2ccc3ncc(NC(=O)c4cccnc4)nc3n2)ccc1O. The molecule has 0 unspecified atom stereocenters. The number of benzene rings is 1. The summed E-state index contributed by atoms with van der Waals surface area (Å²) in [4.78, 5) is 29.4. The Hall–Kier alpha value is -4.07. The number of aromatic hydroxyl groups is 1. The van der Waals surface area contributed by atoms with Gasteiger partial charge < -0.3 is 15.2 Å². The molecule has 8 heteroatoms. The highest BCUT2D eigenvalue weighted by Crippen LogP contribution is 2.31. The van der Waals surface area contributed by atoms with Crippen LogP contribution in [0.1, 0.15) is 10.4 Å². The van der Waals surface area contributed by atoms with Gasteiger partial charge in [0.05, 0.1) is 24.6 Å². The van der Waals surface area contributed by atoms with Gasteiger partial charge in [-0.15, -0.1) is 0 Å². The molecule has 4 aromatic rings. The number of nitrogens with zero attached hydrogens (tertiary/aromatic N) is 4. The predicted octanol–water partition coefficient (Wildman–Crippen LogP) is 3.05. The number of phenols is 1. The van der Waals surface area contributed by atoms with Crippen molar-refractivity contribution in [2.45, 2.75) is 0 Å². The fraction of sp³-hybridized carbons (Fsp3) is 0.0500. The predicted molar refractivity (Wildman–Crippen MR) is 103 cm³/mol. The first-order valence-electron chi connectivity index (χ1n) is 8.36. The Morgan fingerprint density at radius 3 is 2.79 bits per heavy atom. The van der Waals surface area contributed by atoms with Crippen LogP contribution in [0.5, 0.6) is 11.5 Å². The van der Waals surface area contributed by atoms with Gasteiger partial charge in [0.1, 0.15) is 5.52 Å². The number of ether oxygens (including phenoxy) is 1. The molecule has 28 heavy (non-hydrogen) atoms. The molecule has 3 aromatic heterocycles. The number of hydrogen-bond acceptors (Lipinski definition) is 7. The van der Waals surface area contributed by atoms with Crippen LogP contribution < -0.4 is 10.1 Å². The molecule has 0 atom stereocenters. The number of amides is 1. The van der Waals surface area contributed by atoms with Crippen molar-refractivity contribution in [3.63, 3.8) is 0 Å². The number of nitrogens with one attached hydrogen (secondary N) is 1. The Bertz CT molecular complexity index is 1170. The van der Waals surface area contributed by atoms with E-state index in [-0.39, 0.29) is 17.5 Å². The molecule has 3 heterocycles. The molecule has 1 aromatic carbocycles. The third kappa shape index (κ3) is 3.43. The molecule has 0 spiro atoms. The lowest BCUT2D eigenvalue weighted by molar-refractivity contribution is 0.102. The number of pyridine rings is 2. The summed E-state index contributed by atoms with van der Waals surface area (Å²) in [5, 5.41) is 12.4. The van der Waals surface area contributed by atoms with Crippen LogP contribution in [0.25, 0.3) is 22.4 Å². The van der Waals surface area contributed by atoms with Crippen molar-refractivity contribution >= 4 is 22.9 Å². The molecule has 0 aliphatic carbocycles. The normalized spacial score (nSPS) is 10.6. The van der Waals surface area contributed by atoms with Crippen LogP contribution in [0.3, 0.4) is 0 Å². The standard InChI is InChI=1S/C20H15N5O3/c1-28-17-9-12(4-7-16(17)26)14-5-6-15-19(23-14)24-18(11-22-15)25-20(27)13-3-2-8-21-10-13/h2-11,26H,1H3,(H,23,24,25,27). The number of rotatable bonds is 4. The van der Waals surface area contributed by atoms with Crippen molar-refractivity contribution in [3.05, 3.63) is 66.6 Å². The molecular weight excluding hydrogens is 358 g/mol. The third-order valence-electron chi connectivity index (χ3n) is 4.05. The zero-order valence-electron chi connectivity index (χ0n) is 14.8. The Balaban J connectivity index is 1.66. The van der Waals surface area contributed by atoms with E-state index in [1.807, 2.05) is 0 Å². The van der Waals surface area contributed by atoms with E-state index in [1.165, 1.54) is 25.6 Å². The number of carbonyl (C=O) groups excluding carboxylic acids is 1. The molecule has 138 valence electrons. The lowest BCUT2D eigenvalue weighted by Gasteiger charge is -2.08. The maximum absolute atomic E-state index is 12.3. The van der Waals surface area contributed by atoms with E-state index in [0.717, 1.165) is 5.56 Å². The summed E-state index contributed by atoms with van der Waals surface area (Å²) in [6, 6.07) is 11.9. The third-order valence-corrected chi connectivity index (χ3v) is 4.05. The first-order chi connectivity index (χ1) is 13.6. The molecule has 4 rings (SSSR count). The van der Waals surface area contributed by atoms with E-state index in [4.69, 9.17) is 4.74 Å². The summed E-state index contributed by atoms with van der Waals surface area (Å²) in [5.41, 5.74) is 2.78. The molecular formula is C20H15N5O3. The fourth-order valence-electron chi connectivity index (χ4n) is 2.64. The molecule has 8 nitrogen and oxygen atoms in total. The second kappa shape index (κ2) is 7.28. The van der Waals surface area contributed by atoms with E-state index in [1.54, 1.807) is 42.6 Å². The number of fused-ring (bicyclic) bond motifs is 1. The summed E-state index contributed by atoms with van der Waals surface area (Å²) < 4.78 is 5.14. The number of aromatic nitrogens is 4. The van der Waals surface area contributed by atoms with Crippen LogP contribution in [0.15, 0.2) is 61.1 Å². The zero-order valence-corrected chi connectivity index (χ0v) is 14.8. The number of methoxy groups -OCH3 is 1. The van der Waals surface area contributed by atoms with E-state index < -0.39 is 0 Å². The van der Waals surface area contributed by atoms with E-state index in [9.17, 15) is 9.90 Å². The van der Waals surface area contributed by atoms with Crippen LogP contribution in [0, 0.1) is 0 Å². The van der Waals surface area contributed by atoms with Gasteiger partial charge >= 0.3 is 0 Å². The average molecular weight is 373 g/mol. The van der Waals surface area contributed by atoms with Crippen LogP contribution in [0.2, 0.25) is 0 Å². The number of anilines is 1. The summed E-state index contributed by atoms with van der Waals surface area (Å²) in [6.07, 6.45) is 4.54. The molecule has 0 aliphatic heterocycles. The van der Waals surface area contributed by atoms with Gasteiger partial charge in [-0.2, -0.15) is 0 Å². The molecule has 0 saturated carbocycles. The van der Waals surface area contributed by atoms with Crippen molar-refractivity contribution in [3.8, 4) is 22.8 Å². The lowest BCUT2D eigenvalue weighted by Crippen LogP contribution is -2.13. The van der Waals surface area contributed by atoms with Gasteiger partial charge in [0, 0.05) is 18.0 Å². The quantitative estimate of drug-likeness (QED) is 0.566. The number of phenolic OH excluding ortho intramolecular Hbond substituents is 1. The van der Waals surface area contributed by atoms with Crippen molar-refractivity contribution in [2.75, 3.05) is 12.4 Å². The number of carbonyl (C=O) groups is 1. The Morgan fingerprint density at radius 1 is 1.11 bits per heavy atom. The molecule has 0 radical (unpaired) electrons. The largest absolute Gasteiger partial charge is 0.504 e. The second-order valence-corrected chi connectivity index (χ2v) is 5.88. The van der Waals surface area contributed by atoms with Crippen molar-refractivity contribution in [1.82, 2.24) is 19.9 Å². The topological polar surface area (TPSA) is 110 Å². The maximum Gasteiger partial charge on any atom is 0.258 e. The van der Waals surface area contributed by atoms with Gasteiger partial charge in [-0.3, -0.25) is 9.78 Å². The minimum absolute atomic E-state index is 0.0484. The van der Waals surface area contributed by atoms with Crippen molar-refractivity contribution in [1.29, 1.82) is 0 Å². The minimum atomic E-state index is -0.332. The molecule has 0 aliphatic rings. The molecule has 0 fully saturated rings. The van der Waals surface area contributed by atoms with Gasteiger partial charge in [0.2, 0.25) is 0 Å². The van der Waals surface area contributed by atoms with Crippen molar-refractivity contribution in [2.24, 2.45) is 0 Å². The smallest absolute Gasteiger partial charge is 0.258 e. The molecule has 1 amide bonds. The highest BCUT2D eigenvalue weighted by molar-refractivity contribution is 6.03. The monoisotopic (exact) mass is 373 g/mol. The Morgan fingerprint density at radius 2 is 2.00 bits per heavy atom. The van der Waals surface area contributed by atoms with Gasteiger partial charge in [0.25, 0.3) is 5.91 Å². The first kappa shape index (κ1) is 17.3. The molecule has 0 saturated heterocycles. The average Bonchev–Trinajstić information content (AvgIpc) is 2.74.